The molecule has 1 fully saturated rings. The van der Waals surface area contributed by atoms with Crippen molar-refractivity contribution in [2.45, 2.75) is 52.5 Å². The van der Waals surface area contributed by atoms with Gasteiger partial charge in [0.15, 0.2) is 5.13 Å². The molecule has 0 amide bonds. The predicted octanol–water partition coefficient (Wildman–Crippen LogP) is 3.35. The third kappa shape index (κ3) is 3.04. The maximum Gasteiger partial charge on any atom is 0.185 e. The summed E-state index contributed by atoms with van der Waals surface area (Å²) in [5.74, 6) is 1.43. The van der Waals surface area contributed by atoms with Crippen LogP contribution in [0, 0.1) is 5.92 Å². The van der Waals surface area contributed by atoms with E-state index in [-0.39, 0.29) is 0 Å². The summed E-state index contributed by atoms with van der Waals surface area (Å²) in [5.41, 5.74) is 7.09. The molecule has 0 spiro atoms. The summed E-state index contributed by atoms with van der Waals surface area (Å²) >= 11 is 1.80. The summed E-state index contributed by atoms with van der Waals surface area (Å²) in [7, 11) is 0. The van der Waals surface area contributed by atoms with Crippen molar-refractivity contribution < 1.29 is 0 Å². The molecule has 0 saturated heterocycles. The van der Waals surface area contributed by atoms with E-state index in [1.807, 2.05) is 0 Å². The minimum atomic E-state index is 0.521. The Labute approximate surface area is 114 Å². The van der Waals surface area contributed by atoms with Crippen molar-refractivity contribution in [1.82, 2.24) is 4.98 Å². The van der Waals surface area contributed by atoms with Crippen molar-refractivity contribution in [2.75, 3.05) is 18.0 Å². The number of aromatic nitrogens is 1. The minimum Gasteiger partial charge on any atom is -0.348 e. The third-order valence-corrected chi connectivity index (χ3v) is 4.96. The van der Waals surface area contributed by atoms with Gasteiger partial charge < -0.3 is 10.6 Å². The molecular formula is C14H25N3S. The number of nitrogens with two attached hydrogens (primary N) is 1. The Kier molecular flexibility index (Phi) is 4.62. The average Bonchev–Trinajstić information content (AvgIpc) is 3.11. The van der Waals surface area contributed by atoms with Crippen molar-refractivity contribution in [1.29, 1.82) is 0 Å². The van der Waals surface area contributed by atoms with E-state index in [2.05, 4.69) is 25.7 Å². The smallest absolute Gasteiger partial charge is 0.185 e. The van der Waals surface area contributed by atoms with E-state index in [9.17, 15) is 0 Å². The molecule has 0 aromatic carbocycles. The highest BCUT2D eigenvalue weighted by molar-refractivity contribution is 7.15. The SMILES string of the molecule is CCC(C)c1nc(N(CC)CC2CC2)sc1CN. The van der Waals surface area contributed by atoms with Crippen molar-refractivity contribution in [2.24, 2.45) is 11.7 Å². The molecular weight excluding hydrogens is 242 g/mol. The van der Waals surface area contributed by atoms with Gasteiger partial charge in [-0.2, -0.15) is 0 Å². The molecule has 1 aromatic heterocycles. The maximum atomic E-state index is 5.86. The van der Waals surface area contributed by atoms with Gasteiger partial charge in [-0.1, -0.05) is 13.8 Å². The van der Waals surface area contributed by atoms with Crippen LogP contribution in [0.5, 0.6) is 0 Å². The summed E-state index contributed by atoms with van der Waals surface area (Å²) in [6.45, 7) is 9.52. The second kappa shape index (κ2) is 6.02. The van der Waals surface area contributed by atoms with E-state index in [1.165, 1.54) is 35.1 Å². The summed E-state index contributed by atoms with van der Waals surface area (Å²) < 4.78 is 0. The van der Waals surface area contributed by atoms with Gasteiger partial charge in [0.05, 0.1) is 5.69 Å². The zero-order valence-corrected chi connectivity index (χ0v) is 12.6. The molecule has 0 bridgehead atoms. The van der Waals surface area contributed by atoms with Crippen LogP contribution < -0.4 is 10.6 Å². The summed E-state index contributed by atoms with van der Waals surface area (Å²) in [6, 6.07) is 0. The lowest BCUT2D eigenvalue weighted by Crippen LogP contribution is -2.25. The first kappa shape index (κ1) is 13.8. The zero-order valence-electron chi connectivity index (χ0n) is 11.8. The van der Waals surface area contributed by atoms with Gasteiger partial charge >= 0.3 is 0 Å². The van der Waals surface area contributed by atoms with Crippen LogP contribution in [0.25, 0.3) is 0 Å². The highest BCUT2D eigenvalue weighted by atomic mass is 32.1. The summed E-state index contributed by atoms with van der Waals surface area (Å²) in [4.78, 5) is 8.56. The molecule has 102 valence electrons. The monoisotopic (exact) mass is 267 g/mol. The quantitative estimate of drug-likeness (QED) is 0.823. The Balaban J connectivity index is 2.18. The Morgan fingerprint density at radius 1 is 1.44 bits per heavy atom. The Bertz CT molecular complexity index is 384. The van der Waals surface area contributed by atoms with Crippen molar-refractivity contribution in [3.05, 3.63) is 10.6 Å². The molecule has 1 heterocycles. The van der Waals surface area contributed by atoms with Gasteiger partial charge in [0.2, 0.25) is 0 Å². The van der Waals surface area contributed by atoms with Gasteiger partial charge in [-0.15, -0.1) is 11.3 Å². The second-order valence-electron chi connectivity index (χ2n) is 5.30. The van der Waals surface area contributed by atoms with E-state index >= 15 is 0 Å². The molecule has 1 unspecified atom stereocenters. The van der Waals surface area contributed by atoms with Crippen molar-refractivity contribution >= 4 is 16.5 Å². The molecule has 1 aromatic rings. The zero-order chi connectivity index (χ0) is 13.1. The number of hydrogen-bond donors (Lipinski definition) is 1. The van der Waals surface area contributed by atoms with E-state index in [0.717, 1.165) is 18.9 Å². The third-order valence-electron chi connectivity index (χ3n) is 3.81. The molecule has 2 rings (SSSR count). The van der Waals surface area contributed by atoms with E-state index < -0.39 is 0 Å². The highest BCUT2D eigenvalue weighted by Gasteiger charge is 2.26. The minimum absolute atomic E-state index is 0.521. The highest BCUT2D eigenvalue weighted by Crippen LogP contribution is 2.35. The molecule has 1 aliphatic rings. The fourth-order valence-corrected chi connectivity index (χ4v) is 3.30. The normalized spacial score (nSPS) is 16.9. The van der Waals surface area contributed by atoms with Gasteiger partial charge in [-0.05, 0) is 38.0 Å². The first-order valence-corrected chi connectivity index (χ1v) is 7.95. The van der Waals surface area contributed by atoms with E-state index in [1.54, 1.807) is 11.3 Å². The molecule has 3 nitrogen and oxygen atoms in total. The van der Waals surface area contributed by atoms with Crippen LogP contribution in [0.3, 0.4) is 0 Å². The Hall–Kier alpha value is -0.610. The fraction of sp³-hybridized carbons (Fsp3) is 0.786. The first-order valence-electron chi connectivity index (χ1n) is 7.14. The first-order chi connectivity index (χ1) is 8.69. The number of hydrogen-bond acceptors (Lipinski definition) is 4. The van der Waals surface area contributed by atoms with Gasteiger partial charge in [-0.25, -0.2) is 4.98 Å². The summed E-state index contributed by atoms with van der Waals surface area (Å²) in [5, 5.41) is 1.18. The molecule has 1 saturated carbocycles. The number of nitrogens with zero attached hydrogens (tertiary/aromatic N) is 2. The second-order valence-corrected chi connectivity index (χ2v) is 6.36. The molecule has 4 heteroatoms. The van der Waals surface area contributed by atoms with Crippen molar-refractivity contribution in [3.63, 3.8) is 0 Å². The molecule has 2 N–H and O–H groups in total. The van der Waals surface area contributed by atoms with Crippen LogP contribution in [0.15, 0.2) is 0 Å². The number of thiazole rings is 1. The van der Waals surface area contributed by atoms with Crippen LogP contribution in [0.4, 0.5) is 5.13 Å². The largest absolute Gasteiger partial charge is 0.348 e. The average molecular weight is 267 g/mol. The molecule has 0 aliphatic heterocycles. The summed E-state index contributed by atoms with van der Waals surface area (Å²) in [6.07, 6.45) is 3.92. The number of rotatable bonds is 7. The maximum absolute atomic E-state index is 5.86. The molecule has 0 radical (unpaired) electrons. The van der Waals surface area contributed by atoms with Crippen LogP contribution >= 0.6 is 11.3 Å². The Morgan fingerprint density at radius 3 is 2.67 bits per heavy atom. The van der Waals surface area contributed by atoms with Crippen LogP contribution in [0.1, 0.15) is 56.5 Å². The molecule has 18 heavy (non-hydrogen) atoms. The van der Waals surface area contributed by atoms with E-state index in [4.69, 9.17) is 10.7 Å². The topological polar surface area (TPSA) is 42.2 Å². The lowest BCUT2D eigenvalue weighted by molar-refractivity contribution is 0.695. The Morgan fingerprint density at radius 2 is 2.17 bits per heavy atom. The lowest BCUT2D eigenvalue weighted by Gasteiger charge is -2.19. The number of anilines is 1. The molecule has 1 aliphatic carbocycles. The van der Waals surface area contributed by atoms with E-state index in [0.29, 0.717) is 12.5 Å². The van der Waals surface area contributed by atoms with Crippen LogP contribution in [-0.4, -0.2) is 18.1 Å². The van der Waals surface area contributed by atoms with Crippen LogP contribution in [-0.2, 0) is 6.54 Å². The standard InChI is InChI=1S/C14H25N3S/c1-4-10(3)13-12(8-15)18-14(16-13)17(5-2)9-11-6-7-11/h10-11H,4-9,15H2,1-3H3. The molecule has 1 atom stereocenters. The van der Waals surface area contributed by atoms with Gasteiger partial charge in [0.1, 0.15) is 0 Å². The predicted molar refractivity (Wildman–Crippen MR) is 79.3 cm³/mol. The lowest BCUT2D eigenvalue weighted by atomic mass is 10.0. The van der Waals surface area contributed by atoms with Crippen LogP contribution in [0.2, 0.25) is 0 Å². The van der Waals surface area contributed by atoms with Gasteiger partial charge in [0, 0.05) is 24.5 Å². The van der Waals surface area contributed by atoms with Gasteiger partial charge in [-0.3, -0.25) is 0 Å². The van der Waals surface area contributed by atoms with Gasteiger partial charge in [0.25, 0.3) is 0 Å². The fourth-order valence-electron chi connectivity index (χ4n) is 2.17. The van der Waals surface area contributed by atoms with Crippen molar-refractivity contribution in [3.8, 4) is 0 Å².